The Bertz CT molecular complexity index is 430. The Morgan fingerprint density at radius 1 is 1.35 bits per heavy atom. The van der Waals surface area contributed by atoms with Gasteiger partial charge in [0.05, 0.1) is 11.8 Å². The van der Waals surface area contributed by atoms with Gasteiger partial charge in [0, 0.05) is 18.7 Å². The summed E-state index contributed by atoms with van der Waals surface area (Å²) in [5.41, 5.74) is 2.39. The van der Waals surface area contributed by atoms with Gasteiger partial charge in [-0.25, -0.2) is 0 Å². The highest BCUT2D eigenvalue weighted by Crippen LogP contribution is 2.46. The number of aryl methyl sites for hydroxylation is 2. The molecule has 1 aromatic rings. The second-order valence-electron chi connectivity index (χ2n) is 6.98. The molecule has 3 heteroatoms. The maximum atomic E-state index is 10.9. The summed E-state index contributed by atoms with van der Waals surface area (Å²) in [6.07, 6.45) is 6.59. The average Bonchev–Trinajstić information content (AvgIpc) is 2.96. The molecule has 0 aliphatic heterocycles. The first-order valence-corrected chi connectivity index (χ1v) is 8.18. The van der Waals surface area contributed by atoms with E-state index >= 15 is 0 Å². The molecule has 20 heavy (non-hydrogen) atoms. The largest absolute Gasteiger partial charge is 0.392 e. The lowest BCUT2D eigenvalue weighted by atomic mass is 9.72. The molecule has 0 radical (unpaired) electrons. The molecule has 0 spiro atoms. The van der Waals surface area contributed by atoms with Crippen molar-refractivity contribution in [1.82, 2.24) is 9.78 Å². The highest BCUT2D eigenvalue weighted by molar-refractivity contribution is 5.11. The maximum absolute atomic E-state index is 10.9. The molecule has 0 saturated heterocycles. The Balaban J connectivity index is 2.14. The number of aromatic nitrogens is 2. The molecule has 1 atom stereocenters. The predicted octanol–water partition coefficient (Wildman–Crippen LogP) is 3.72. The Morgan fingerprint density at radius 3 is 2.55 bits per heavy atom. The van der Waals surface area contributed by atoms with Crippen molar-refractivity contribution in [3.63, 3.8) is 0 Å². The van der Waals surface area contributed by atoms with Crippen LogP contribution in [0.4, 0.5) is 0 Å². The number of aliphatic hydroxyl groups excluding tert-OH is 1. The fourth-order valence-electron chi connectivity index (χ4n) is 4.02. The van der Waals surface area contributed by atoms with E-state index in [1.54, 1.807) is 0 Å². The van der Waals surface area contributed by atoms with E-state index in [9.17, 15) is 5.11 Å². The smallest absolute Gasteiger partial charge is 0.0651 e. The fraction of sp³-hybridized carbons (Fsp3) is 0.824. The van der Waals surface area contributed by atoms with Gasteiger partial charge in [-0.3, -0.25) is 4.68 Å². The average molecular weight is 278 g/mol. The zero-order valence-electron chi connectivity index (χ0n) is 13.5. The highest BCUT2D eigenvalue weighted by Gasteiger charge is 2.41. The molecule has 3 nitrogen and oxygen atoms in total. The lowest BCUT2D eigenvalue weighted by molar-refractivity contribution is 0.0120. The zero-order chi connectivity index (χ0) is 14.8. The molecule has 1 N–H and O–H groups in total. The first-order valence-electron chi connectivity index (χ1n) is 8.18. The molecular weight excluding hydrogens is 248 g/mol. The minimum Gasteiger partial charge on any atom is -0.392 e. The minimum atomic E-state index is -0.228. The predicted molar refractivity (Wildman–Crippen MR) is 82.7 cm³/mol. The van der Waals surface area contributed by atoms with Crippen LogP contribution in [0, 0.1) is 18.3 Å². The van der Waals surface area contributed by atoms with Crippen LogP contribution < -0.4 is 0 Å². The second kappa shape index (κ2) is 6.30. The van der Waals surface area contributed by atoms with Crippen molar-refractivity contribution in [3.8, 4) is 0 Å². The molecule has 1 unspecified atom stereocenters. The molecular formula is C17H30N2O. The third-order valence-electron chi connectivity index (χ3n) is 4.81. The van der Waals surface area contributed by atoms with Crippen LogP contribution in [0.3, 0.4) is 0 Å². The summed E-state index contributed by atoms with van der Waals surface area (Å²) in [5, 5.41) is 15.4. The van der Waals surface area contributed by atoms with E-state index in [1.807, 2.05) is 11.6 Å². The number of rotatable bonds is 6. The van der Waals surface area contributed by atoms with Crippen LogP contribution in [0.5, 0.6) is 0 Å². The molecule has 1 fully saturated rings. The van der Waals surface area contributed by atoms with Crippen LogP contribution in [0.15, 0.2) is 6.07 Å². The Morgan fingerprint density at radius 2 is 2.00 bits per heavy atom. The van der Waals surface area contributed by atoms with E-state index in [-0.39, 0.29) is 11.5 Å². The van der Waals surface area contributed by atoms with Crippen molar-refractivity contribution in [2.75, 3.05) is 0 Å². The Labute approximate surface area is 123 Å². The molecule has 1 aliphatic rings. The van der Waals surface area contributed by atoms with E-state index in [0.717, 1.165) is 25.1 Å². The monoisotopic (exact) mass is 278 g/mol. The summed E-state index contributed by atoms with van der Waals surface area (Å²) in [4.78, 5) is 0. The number of aliphatic hydroxyl groups is 1. The zero-order valence-corrected chi connectivity index (χ0v) is 13.5. The van der Waals surface area contributed by atoms with Crippen LogP contribution in [-0.4, -0.2) is 21.0 Å². The summed E-state index contributed by atoms with van der Waals surface area (Å²) >= 11 is 0. The van der Waals surface area contributed by atoms with Gasteiger partial charge >= 0.3 is 0 Å². The number of hydrogen-bond acceptors (Lipinski definition) is 2. The van der Waals surface area contributed by atoms with Crippen molar-refractivity contribution in [2.45, 2.75) is 78.9 Å². The van der Waals surface area contributed by atoms with Crippen LogP contribution in [0.1, 0.15) is 64.3 Å². The first-order chi connectivity index (χ1) is 9.47. The topological polar surface area (TPSA) is 38.0 Å². The van der Waals surface area contributed by atoms with E-state index in [1.165, 1.54) is 31.4 Å². The fourth-order valence-corrected chi connectivity index (χ4v) is 4.02. The van der Waals surface area contributed by atoms with Gasteiger partial charge in [-0.1, -0.05) is 26.7 Å². The molecule has 114 valence electrons. The Kier molecular flexibility index (Phi) is 4.90. The van der Waals surface area contributed by atoms with Crippen molar-refractivity contribution in [1.29, 1.82) is 0 Å². The second-order valence-corrected chi connectivity index (χ2v) is 6.98. The molecule has 2 rings (SSSR count). The molecule has 0 amide bonds. The summed E-state index contributed by atoms with van der Waals surface area (Å²) in [6.45, 7) is 9.57. The van der Waals surface area contributed by atoms with Crippen LogP contribution in [-0.2, 0) is 13.0 Å². The van der Waals surface area contributed by atoms with Crippen molar-refractivity contribution < 1.29 is 5.11 Å². The first kappa shape index (κ1) is 15.6. The van der Waals surface area contributed by atoms with Crippen molar-refractivity contribution in [2.24, 2.45) is 11.3 Å². The third kappa shape index (κ3) is 3.25. The van der Waals surface area contributed by atoms with Gasteiger partial charge in [0.25, 0.3) is 0 Å². The van der Waals surface area contributed by atoms with Crippen molar-refractivity contribution in [3.05, 3.63) is 17.5 Å². The van der Waals surface area contributed by atoms with Gasteiger partial charge in [0.1, 0.15) is 0 Å². The standard InChI is InChI=1S/C17H30N2O/c1-5-19-15(10-14(4)18-19)11-16(20)17(12-13(2)3)8-6-7-9-17/h10,13,16,20H,5-9,11-12H2,1-4H3. The lowest BCUT2D eigenvalue weighted by Gasteiger charge is -2.36. The van der Waals surface area contributed by atoms with Gasteiger partial charge in [0.2, 0.25) is 0 Å². The molecule has 1 saturated carbocycles. The maximum Gasteiger partial charge on any atom is 0.0651 e. The molecule has 0 aromatic carbocycles. The van der Waals surface area contributed by atoms with Crippen LogP contribution in [0.25, 0.3) is 0 Å². The number of nitrogens with zero attached hydrogens (tertiary/aromatic N) is 2. The SMILES string of the molecule is CCn1nc(C)cc1CC(O)C1(CC(C)C)CCCC1. The quantitative estimate of drug-likeness (QED) is 0.861. The molecule has 1 aromatic heterocycles. The number of hydrogen-bond donors (Lipinski definition) is 1. The lowest BCUT2D eigenvalue weighted by Crippen LogP contribution is -2.36. The van der Waals surface area contributed by atoms with Crippen LogP contribution >= 0.6 is 0 Å². The van der Waals surface area contributed by atoms with E-state index < -0.39 is 0 Å². The summed E-state index contributed by atoms with van der Waals surface area (Å²) in [5.74, 6) is 0.653. The van der Waals surface area contributed by atoms with E-state index in [2.05, 4.69) is 31.9 Å². The normalized spacial score (nSPS) is 19.7. The third-order valence-corrected chi connectivity index (χ3v) is 4.81. The Hall–Kier alpha value is -0.830. The van der Waals surface area contributed by atoms with Crippen molar-refractivity contribution >= 4 is 0 Å². The van der Waals surface area contributed by atoms with Gasteiger partial charge < -0.3 is 5.11 Å². The minimum absolute atomic E-state index is 0.144. The summed E-state index contributed by atoms with van der Waals surface area (Å²) in [7, 11) is 0. The van der Waals surface area contributed by atoms with Gasteiger partial charge in [0.15, 0.2) is 0 Å². The molecule has 0 bridgehead atoms. The van der Waals surface area contributed by atoms with Gasteiger partial charge in [-0.05, 0) is 50.5 Å². The highest BCUT2D eigenvalue weighted by atomic mass is 16.3. The van der Waals surface area contributed by atoms with Gasteiger partial charge in [-0.15, -0.1) is 0 Å². The molecule has 1 aliphatic carbocycles. The van der Waals surface area contributed by atoms with E-state index in [0.29, 0.717) is 5.92 Å². The molecule has 1 heterocycles. The van der Waals surface area contributed by atoms with Gasteiger partial charge in [-0.2, -0.15) is 5.10 Å². The van der Waals surface area contributed by atoms with E-state index in [4.69, 9.17) is 0 Å². The summed E-state index contributed by atoms with van der Waals surface area (Å²) < 4.78 is 2.04. The summed E-state index contributed by atoms with van der Waals surface area (Å²) in [6, 6.07) is 2.13. The van der Waals surface area contributed by atoms with Crippen LogP contribution in [0.2, 0.25) is 0 Å².